The number of carbonyl (C=O) groups is 1. The van der Waals surface area contributed by atoms with E-state index in [1.165, 1.54) is 34.9 Å². The quantitative estimate of drug-likeness (QED) is 0.710. The van der Waals surface area contributed by atoms with Gasteiger partial charge in [-0.3, -0.25) is 0 Å². The van der Waals surface area contributed by atoms with E-state index in [-0.39, 0.29) is 6.42 Å². The first-order chi connectivity index (χ1) is 11.8. The molecule has 1 N–H and O–H groups in total. The standard InChI is InChI=1S/C17H11F4N3O/c18-11-5-6-12-14(8-11)24-15(22-12)13(23-16(24)25)7-9-1-3-10(4-2-9)17(19,20)21/h1-6,8,13H,7H2,(H,23,25)/t13-/m1/s1. The first-order valence-corrected chi connectivity index (χ1v) is 7.48. The number of rotatable bonds is 2. The average Bonchev–Trinajstić information content (AvgIpc) is 3.05. The van der Waals surface area contributed by atoms with Gasteiger partial charge in [-0.05, 0) is 36.2 Å². The Morgan fingerprint density at radius 1 is 1.12 bits per heavy atom. The Morgan fingerprint density at radius 2 is 1.84 bits per heavy atom. The van der Waals surface area contributed by atoms with Crippen molar-refractivity contribution in [2.24, 2.45) is 0 Å². The number of hydrogen-bond acceptors (Lipinski definition) is 2. The van der Waals surface area contributed by atoms with Gasteiger partial charge in [0.05, 0.1) is 22.6 Å². The van der Waals surface area contributed by atoms with Crippen molar-refractivity contribution in [1.82, 2.24) is 14.9 Å². The number of fused-ring (bicyclic) bond motifs is 3. The van der Waals surface area contributed by atoms with E-state index >= 15 is 0 Å². The van der Waals surface area contributed by atoms with E-state index in [2.05, 4.69) is 10.3 Å². The van der Waals surface area contributed by atoms with Gasteiger partial charge in [0.2, 0.25) is 0 Å². The summed E-state index contributed by atoms with van der Waals surface area (Å²) in [4.78, 5) is 16.5. The van der Waals surface area contributed by atoms with Crippen LogP contribution < -0.4 is 5.32 Å². The minimum absolute atomic E-state index is 0.287. The zero-order valence-electron chi connectivity index (χ0n) is 12.6. The number of nitrogens with one attached hydrogen (secondary N) is 1. The SMILES string of the molecule is O=C1N[C@H](Cc2ccc(C(F)(F)F)cc2)c2nc3ccc(F)cc3n21. The van der Waals surface area contributed by atoms with Gasteiger partial charge in [0.15, 0.2) is 0 Å². The predicted octanol–water partition coefficient (Wildman–Crippen LogP) is 4.05. The molecule has 1 aliphatic heterocycles. The van der Waals surface area contributed by atoms with Crippen LogP contribution in [0.5, 0.6) is 0 Å². The molecule has 0 radical (unpaired) electrons. The van der Waals surface area contributed by atoms with Crippen molar-refractivity contribution in [3.63, 3.8) is 0 Å². The maximum absolute atomic E-state index is 13.4. The van der Waals surface area contributed by atoms with Crippen LogP contribution in [-0.2, 0) is 12.6 Å². The third kappa shape index (κ3) is 2.63. The molecule has 4 nitrogen and oxygen atoms in total. The highest BCUT2D eigenvalue weighted by Gasteiger charge is 2.33. The van der Waals surface area contributed by atoms with E-state index in [0.29, 0.717) is 22.4 Å². The molecule has 128 valence electrons. The van der Waals surface area contributed by atoms with Gasteiger partial charge in [-0.1, -0.05) is 12.1 Å². The maximum atomic E-state index is 13.4. The second-order valence-corrected chi connectivity index (χ2v) is 5.84. The molecular formula is C17H11F4N3O. The van der Waals surface area contributed by atoms with Crippen LogP contribution in [0.15, 0.2) is 42.5 Å². The highest BCUT2D eigenvalue weighted by molar-refractivity contribution is 5.92. The van der Waals surface area contributed by atoms with Gasteiger partial charge in [0, 0.05) is 6.07 Å². The normalized spacial score (nSPS) is 17.0. The average molecular weight is 349 g/mol. The minimum atomic E-state index is -4.39. The molecule has 2 aromatic carbocycles. The molecular weight excluding hydrogens is 338 g/mol. The number of nitrogens with zero attached hydrogens (tertiary/aromatic N) is 2. The molecule has 3 aromatic rings. The summed E-state index contributed by atoms with van der Waals surface area (Å²) < 4.78 is 52.6. The third-order valence-corrected chi connectivity index (χ3v) is 4.18. The lowest BCUT2D eigenvalue weighted by Crippen LogP contribution is -2.22. The molecule has 0 bridgehead atoms. The van der Waals surface area contributed by atoms with Crippen molar-refractivity contribution in [2.45, 2.75) is 18.6 Å². The predicted molar refractivity (Wildman–Crippen MR) is 81.5 cm³/mol. The third-order valence-electron chi connectivity index (χ3n) is 4.18. The molecule has 25 heavy (non-hydrogen) atoms. The van der Waals surface area contributed by atoms with Gasteiger partial charge in [-0.2, -0.15) is 13.2 Å². The van der Waals surface area contributed by atoms with E-state index < -0.39 is 29.6 Å². The number of alkyl halides is 3. The molecule has 0 aliphatic carbocycles. The van der Waals surface area contributed by atoms with Crippen molar-refractivity contribution < 1.29 is 22.4 Å². The van der Waals surface area contributed by atoms with Crippen LogP contribution in [-0.4, -0.2) is 15.6 Å². The molecule has 1 aromatic heterocycles. The Hall–Kier alpha value is -2.90. The maximum Gasteiger partial charge on any atom is 0.416 e. The van der Waals surface area contributed by atoms with Gasteiger partial charge >= 0.3 is 12.2 Å². The van der Waals surface area contributed by atoms with E-state index in [4.69, 9.17) is 0 Å². The Morgan fingerprint density at radius 3 is 2.52 bits per heavy atom. The lowest BCUT2D eigenvalue weighted by atomic mass is 10.0. The van der Waals surface area contributed by atoms with Crippen molar-refractivity contribution in [3.05, 3.63) is 65.2 Å². The summed E-state index contributed by atoms with van der Waals surface area (Å²) in [6.07, 6.45) is -4.10. The number of carbonyl (C=O) groups excluding carboxylic acids is 1. The molecule has 0 spiro atoms. The molecule has 1 amide bonds. The Labute approximate surface area is 139 Å². The Kier molecular flexibility index (Phi) is 3.31. The topological polar surface area (TPSA) is 46.9 Å². The lowest BCUT2D eigenvalue weighted by molar-refractivity contribution is -0.137. The second-order valence-electron chi connectivity index (χ2n) is 5.84. The van der Waals surface area contributed by atoms with Crippen molar-refractivity contribution >= 4 is 17.1 Å². The van der Waals surface area contributed by atoms with Crippen molar-refractivity contribution in [2.75, 3.05) is 0 Å². The number of benzene rings is 2. The highest BCUT2D eigenvalue weighted by atomic mass is 19.4. The molecule has 8 heteroatoms. The van der Waals surface area contributed by atoms with Crippen molar-refractivity contribution in [1.29, 1.82) is 0 Å². The summed E-state index contributed by atoms with van der Waals surface area (Å²) in [6, 6.07) is 7.81. The summed E-state index contributed by atoms with van der Waals surface area (Å²) in [5.74, 6) is -0.0558. The van der Waals surface area contributed by atoms with Crippen LogP contribution in [0.4, 0.5) is 22.4 Å². The molecule has 0 fully saturated rings. The largest absolute Gasteiger partial charge is 0.416 e. The molecule has 4 rings (SSSR count). The smallest absolute Gasteiger partial charge is 0.327 e. The van der Waals surface area contributed by atoms with Gasteiger partial charge in [0.1, 0.15) is 11.6 Å². The fourth-order valence-corrected chi connectivity index (χ4v) is 3.00. The minimum Gasteiger partial charge on any atom is -0.327 e. The summed E-state index contributed by atoms with van der Waals surface area (Å²) >= 11 is 0. The zero-order valence-corrected chi connectivity index (χ0v) is 12.6. The number of hydrogen-bond donors (Lipinski definition) is 1. The van der Waals surface area contributed by atoms with E-state index in [1.54, 1.807) is 0 Å². The van der Waals surface area contributed by atoms with Crippen molar-refractivity contribution in [3.8, 4) is 0 Å². The number of amides is 1. The summed E-state index contributed by atoms with van der Waals surface area (Å²) in [6.45, 7) is 0. The number of imidazole rings is 1. The summed E-state index contributed by atoms with van der Waals surface area (Å²) in [5, 5.41) is 2.72. The van der Waals surface area contributed by atoms with Crippen LogP contribution in [0, 0.1) is 5.82 Å². The van der Waals surface area contributed by atoms with E-state index in [0.717, 1.165) is 12.1 Å². The molecule has 0 saturated heterocycles. The number of halogens is 4. The second kappa shape index (κ2) is 5.30. The van der Waals surface area contributed by atoms with Crippen LogP contribution in [0.3, 0.4) is 0 Å². The number of aromatic nitrogens is 2. The van der Waals surface area contributed by atoms with Crippen LogP contribution in [0.1, 0.15) is 23.0 Å². The van der Waals surface area contributed by atoms with E-state index in [1.807, 2.05) is 0 Å². The molecule has 1 aliphatic rings. The first kappa shape index (κ1) is 15.6. The molecule has 1 atom stereocenters. The highest BCUT2D eigenvalue weighted by Crippen LogP contribution is 2.31. The van der Waals surface area contributed by atoms with Gasteiger partial charge in [0.25, 0.3) is 0 Å². The fourth-order valence-electron chi connectivity index (χ4n) is 3.00. The summed E-state index contributed by atoms with van der Waals surface area (Å²) in [5.41, 5.74) is 0.755. The Balaban J connectivity index is 1.66. The van der Waals surface area contributed by atoms with Gasteiger partial charge in [-0.25, -0.2) is 18.7 Å². The zero-order chi connectivity index (χ0) is 17.8. The molecule has 0 saturated carbocycles. The first-order valence-electron chi connectivity index (χ1n) is 7.48. The monoisotopic (exact) mass is 349 g/mol. The fraction of sp³-hybridized carbons (Fsp3) is 0.176. The Bertz CT molecular complexity index is 976. The molecule has 0 unspecified atom stereocenters. The molecule has 2 heterocycles. The van der Waals surface area contributed by atoms with Gasteiger partial charge in [-0.15, -0.1) is 0 Å². The van der Waals surface area contributed by atoms with Gasteiger partial charge < -0.3 is 5.32 Å². The summed E-state index contributed by atoms with van der Waals surface area (Å²) in [7, 11) is 0. The van der Waals surface area contributed by atoms with Crippen LogP contribution in [0.25, 0.3) is 11.0 Å². The van der Waals surface area contributed by atoms with Crippen LogP contribution in [0.2, 0.25) is 0 Å². The van der Waals surface area contributed by atoms with E-state index in [9.17, 15) is 22.4 Å². The van der Waals surface area contributed by atoms with Crippen LogP contribution >= 0.6 is 0 Å². The lowest BCUT2D eigenvalue weighted by Gasteiger charge is -2.11.